The van der Waals surface area contributed by atoms with Crippen molar-refractivity contribution in [2.75, 3.05) is 0 Å². The van der Waals surface area contributed by atoms with Crippen LogP contribution in [-0.2, 0) is 6.42 Å². The number of benzene rings is 1. The van der Waals surface area contributed by atoms with Crippen LogP contribution >= 0.6 is 11.6 Å². The van der Waals surface area contributed by atoms with E-state index in [9.17, 15) is 4.39 Å². The summed E-state index contributed by atoms with van der Waals surface area (Å²) >= 11 is 5.80. The van der Waals surface area contributed by atoms with Crippen LogP contribution in [0.3, 0.4) is 0 Å². The average Bonchev–Trinajstić information content (AvgIpc) is 2.12. The zero-order chi connectivity index (χ0) is 11.4. The predicted molar refractivity (Wildman–Crippen MR) is 56.5 cm³/mol. The van der Waals surface area contributed by atoms with Crippen molar-refractivity contribution >= 4 is 11.6 Å². The topological polar surface area (TPSA) is 33.0 Å². The summed E-state index contributed by atoms with van der Waals surface area (Å²) in [6.07, 6.45) is -0.0276. The number of nitrogens with zero attached hydrogens (tertiary/aromatic N) is 1. The first-order valence-corrected chi connectivity index (χ1v) is 4.94. The summed E-state index contributed by atoms with van der Waals surface area (Å²) in [5, 5.41) is 8.72. The molecular weight excluding hydrogens is 217 g/mol. The van der Waals surface area contributed by atoms with E-state index in [1.54, 1.807) is 0 Å². The fourth-order valence-corrected chi connectivity index (χ4v) is 1.33. The van der Waals surface area contributed by atoms with Crippen LogP contribution in [0.15, 0.2) is 12.1 Å². The molecule has 0 aromatic heterocycles. The van der Waals surface area contributed by atoms with Crippen molar-refractivity contribution in [1.82, 2.24) is 0 Å². The zero-order valence-corrected chi connectivity index (χ0v) is 9.31. The van der Waals surface area contributed by atoms with Crippen molar-refractivity contribution in [3.05, 3.63) is 28.5 Å². The molecule has 1 aromatic rings. The van der Waals surface area contributed by atoms with Gasteiger partial charge in [-0.15, -0.1) is 0 Å². The summed E-state index contributed by atoms with van der Waals surface area (Å²) in [6, 6.07) is 4.53. The molecule has 0 radical (unpaired) electrons. The van der Waals surface area contributed by atoms with Gasteiger partial charge in [0, 0.05) is 5.56 Å². The largest absolute Gasteiger partial charge is 0.489 e. The van der Waals surface area contributed by atoms with E-state index in [2.05, 4.69) is 0 Å². The van der Waals surface area contributed by atoms with Crippen LogP contribution in [0.5, 0.6) is 5.75 Å². The molecule has 80 valence electrons. The van der Waals surface area contributed by atoms with Crippen molar-refractivity contribution in [3.63, 3.8) is 0 Å². The molecule has 0 amide bonds. The number of nitriles is 1. The Bertz CT molecular complexity index is 398. The Kier molecular flexibility index (Phi) is 3.93. The number of hydrogen-bond donors (Lipinski definition) is 0. The molecule has 0 spiro atoms. The third-order valence-electron chi connectivity index (χ3n) is 1.73. The van der Waals surface area contributed by atoms with Gasteiger partial charge in [0.05, 0.1) is 23.6 Å². The van der Waals surface area contributed by atoms with Gasteiger partial charge in [0.2, 0.25) is 0 Å². The number of ether oxygens (including phenoxy) is 1. The summed E-state index contributed by atoms with van der Waals surface area (Å²) in [5.41, 5.74) is 0.303. The van der Waals surface area contributed by atoms with Gasteiger partial charge in [0.25, 0.3) is 0 Å². The Morgan fingerprint density at radius 2 is 2.20 bits per heavy atom. The van der Waals surface area contributed by atoms with Crippen LogP contribution in [0.25, 0.3) is 0 Å². The standard InChI is InChI=1S/C11H11ClFNO/c1-7(2)15-11-5-8(3-4-14)10(13)6-9(11)12/h5-7H,3H2,1-2H3. The van der Waals surface area contributed by atoms with E-state index in [1.807, 2.05) is 19.9 Å². The molecule has 0 atom stereocenters. The van der Waals surface area contributed by atoms with Crippen molar-refractivity contribution < 1.29 is 9.13 Å². The maximum absolute atomic E-state index is 13.3. The Morgan fingerprint density at radius 1 is 1.53 bits per heavy atom. The molecule has 0 bridgehead atoms. The molecular formula is C11H11ClFNO. The molecule has 1 aromatic carbocycles. The monoisotopic (exact) mass is 227 g/mol. The predicted octanol–water partition coefficient (Wildman–Crippen LogP) is 3.33. The quantitative estimate of drug-likeness (QED) is 0.794. The minimum absolute atomic E-state index is 0.0114. The van der Waals surface area contributed by atoms with Crippen LogP contribution < -0.4 is 4.74 Å². The van der Waals surface area contributed by atoms with Gasteiger partial charge in [-0.25, -0.2) is 4.39 Å². The zero-order valence-electron chi connectivity index (χ0n) is 8.55. The highest BCUT2D eigenvalue weighted by Gasteiger charge is 2.10. The van der Waals surface area contributed by atoms with Crippen LogP contribution in [0.1, 0.15) is 19.4 Å². The van der Waals surface area contributed by atoms with Crippen LogP contribution in [0.4, 0.5) is 4.39 Å². The molecule has 0 aliphatic heterocycles. The van der Waals surface area contributed by atoms with E-state index in [4.69, 9.17) is 21.6 Å². The van der Waals surface area contributed by atoms with E-state index in [1.165, 1.54) is 12.1 Å². The van der Waals surface area contributed by atoms with Gasteiger partial charge in [-0.2, -0.15) is 5.26 Å². The lowest BCUT2D eigenvalue weighted by atomic mass is 10.1. The smallest absolute Gasteiger partial charge is 0.138 e. The van der Waals surface area contributed by atoms with Crippen molar-refractivity contribution in [2.45, 2.75) is 26.4 Å². The highest BCUT2D eigenvalue weighted by molar-refractivity contribution is 6.32. The molecule has 0 heterocycles. The molecule has 15 heavy (non-hydrogen) atoms. The number of rotatable bonds is 3. The van der Waals surface area contributed by atoms with Gasteiger partial charge >= 0.3 is 0 Å². The summed E-state index contributed by atoms with van der Waals surface area (Å²) in [6.45, 7) is 3.70. The summed E-state index contributed by atoms with van der Waals surface area (Å²) in [7, 11) is 0. The van der Waals surface area contributed by atoms with Gasteiger partial charge in [0.15, 0.2) is 0 Å². The van der Waals surface area contributed by atoms with Crippen LogP contribution in [-0.4, -0.2) is 6.10 Å². The minimum Gasteiger partial charge on any atom is -0.489 e. The Balaban J connectivity index is 3.07. The van der Waals surface area contributed by atoms with Crippen molar-refractivity contribution in [2.24, 2.45) is 0 Å². The van der Waals surface area contributed by atoms with E-state index in [-0.39, 0.29) is 17.5 Å². The van der Waals surface area contributed by atoms with E-state index in [0.717, 1.165) is 0 Å². The highest BCUT2D eigenvalue weighted by Crippen LogP contribution is 2.28. The third-order valence-corrected chi connectivity index (χ3v) is 2.03. The molecule has 0 N–H and O–H groups in total. The SMILES string of the molecule is CC(C)Oc1cc(CC#N)c(F)cc1Cl. The molecule has 2 nitrogen and oxygen atoms in total. The van der Waals surface area contributed by atoms with Gasteiger partial charge < -0.3 is 4.74 Å². The molecule has 0 saturated carbocycles. The Labute approximate surface area is 93.2 Å². The lowest BCUT2D eigenvalue weighted by Gasteiger charge is -2.12. The molecule has 4 heteroatoms. The molecule has 1 rings (SSSR count). The maximum atomic E-state index is 13.3. The fraction of sp³-hybridized carbons (Fsp3) is 0.364. The van der Waals surface area contributed by atoms with Crippen LogP contribution in [0, 0.1) is 17.1 Å². The van der Waals surface area contributed by atoms with Gasteiger partial charge in [-0.1, -0.05) is 11.6 Å². The minimum atomic E-state index is -0.474. The van der Waals surface area contributed by atoms with Crippen molar-refractivity contribution in [1.29, 1.82) is 5.26 Å². The first-order chi connectivity index (χ1) is 7.04. The molecule has 0 fully saturated rings. The molecule has 0 unspecified atom stereocenters. The van der Waals surface area contributed by atoms with Crippen LogP contribution in [0.2, 0.25) is 5.02 Å². The van der Waals surface area contributed by atoms with Crippen molar-refractivity contribution in [3.8, 4) is 11.8 Å². The summed E-state index contributed by atoms with van der Waals surface area (Å²) in [5.74, 6) is -0.0593. The number of halogens is 2. The Morgan fingerprint density at radius 3 is 2.73 bits per heavy atom. The highest BCUT2D eigenvalue weighted by atomic mass is 35.5. The first-order valence-electron chi connectivity index (χ1n) is 4.56. The summed E-state index contributed by atoms with van der Waals surface area (Å²) in [4.78, 5) is 0. The maximum Gasteiger partial charge on any atom is 0.138 e. The Hall–Kier alpha value is -1.27. The first kappa shape index (κ1) is 11.8. The lowest BCUT2D eigenvalue weighted by molar-refractivity contribution is 0.242. The van der Waals surface area contributed by atoms with Gasteiger partial charge in [-0.05, 0) is 26.0 Å². The second-order valence-corrected chi connectivity index (χ2v) is 3.78. The van der Waals surface area contributed by atoms with Gasteiger partial charge in [-0.3, -0.25) is 0 Å². The number of hydrogen-bond acceptors (Lipinski definition) is 2. The van der Waals surface area contributed by atoms with E-state index < -0.39 is 5.82 Å². The lowest BCUT2D eigenvalue weighted by Crippen LogP contribution is -2.06. The molecule has 0 aliphatic rings. The van der Waals surface area contributed by atoms with E-state index >= 15 is 0 Å². The van der Waals surface area contributed by atoms with Gasteiger partial charge in [0.1, 0.15) is 11.6 Å². The molecule has 0 aliphatic carbocycles. The van der Waals surface area contributed by atoms with E-state index in [0.29, 0.717) is 11.3 Å². The molecule has 0 saturated heterocycles. The normalized spacial score (nSPS) is 10.1. The second-order valence-electron chi connectivity index (χ2n) is 3.38. The fourth-order valence-electron chi connectivity index (χ4n) is 1.14. The summed E-state index contributed by atoms with van der Waals surface area (Å²) < 4.78 is 18.6. The third kappa shape index (κ3) is 3.10. The second kappa shape index (κ2) is 4.99. The average molecular weight is 228 g/mol.